The number of nitrogens with zero attached hydrogens (tertiary/aromatic N) is 2. The second-order valence-electron chi connectivity index (χ2n) is 8.76. The average Bonchev–Trinajstić information content (AvgIpc) is 3.44. The maximum Gasteiger partial charge on any atom is 0.145 e. The van der Waals surface area contributed by atoms with Crippen LogP contribution in [0.15, 0.2) is 40.9 Å². The third-order valence-electron chi connectivity index (χ3n) is 6.47. The van der Waals surface area contributed by atoms with E-state index in [0.29, 0.717) is 40.1 Å². The van der Waals surface area contributed by atoms with Gasteiger partial charge in [-0.25, -0.2) is 4.39 Å². The molecule has 2 atom stereocenters. The zero-order valence-corrected chi connectivity index (χ0v) is 19.2. The minimum Gasteiger partial charge on any atom is -0.385 e. The van der Waals surface area contributed by atoms with Crippen LogP contribution in [0.25, 0.3) is 11.3 Å². The van der Waals surface area contributed by atoms with Gasteiger partial charge in [0.15, 0.2) is 0 Å². The van der Waals surface area contributed by atoms with Crippen molar-refractivity contribution < 1.29 is 18.8 Å². The molecule has 0 radical (unpaired) electrons. The van der Waals surface area contributed by atoms with E-state index in [1.54, 1.807) is 18.2 Å². The van der Waals surface area contributed by atoms with Crippen LogP contribution >= 0.6 is 23.2 Å². The molecule has 2 aliphatic rings. The molecule has 3 aromatic rings. The Balaban J connectivity index is 1.36. The predicted molar refractivity (Wildman–Crippen MR) is 121 cm³/mol. The van der Waals surface area contributed by atoms with Gasteiger partial charge in [-0.05, 0) is 49.9 Å². The molecule has 33 heavy (non-hydrogen) atoms. The molecule has 8 heteroatoms. The van der Waals surface area contributed by atoms with Gasteiger partial charge in [-0.2, -0.15) is 5.26 Å². The Kier molecular flexibility index (Phi) is 5.92. The van der Waals surface area contributed by atoms with Crippen molar-refractivity contribution in [1.29, 1.82) is 5.26 Å². The Bertz CT molecular complexity index is 1230. The van der Waals surface area contributed by atoms with E-state index in [4.69, 9.17) is 37.7 Å². The Hall–Kier alpha value is -2.43. The van der Waals surface area contributed by atoms with Crippen molar-refractivity contribution in [2.24, 2.45) is 0 Å². The van der Waals surface area contributed by atoms with Gasteiger partial charge in [0, 0.05) is 29.0 Å². The fourth-order valence-corrected chi connectivity index (χ4v) is 5.16. The van der Waals surface area contributed by atoms with Crippen LogP contribution in [0.5, 0.6) is 0 Å². The van der Waals surface area contributed by atoms with Crippen molar-refractivity contribution in [3.05, 3.63) is 74.7 Å². The first-order valence-corrected chi connectivity index (χ1v) is 11.6. The summed E-state index contributed by atoms with van der Waals surface area (Å²) in [6.07, 6.45) is 2.96. The highest BCUT2D eigenvalue weighted by Gasteiger charge is 2.42. The number of halogens is 3. The van der Waals surface area contributed by atoms with Gasteiger partial charge in [0.25, 0.3) is 0 Å². The zero-order valence-electron chi connectivity index (χ0n) is 17.7. The van der Waals surface area contributed by atoms with Gasteiger partial charge >= 0.3 is 0 Å². The Morgan fingerprint density at radius 3 is 2.64 bits per heavy atom. The fourth-order valence-electron chi connectivity index (χ4n) is 4.58. The minimum absolute atomic E-state index is 0.194. The van der Waals surface area contributed by atoms with Crippen molar-refractivity contribution >= 4 is 23.2 Å². The Morgan fingerprint density at radius 2 is 1.97 bits per heavy atom. The lowest BCUT2D eigenvalue weighted by atomic mass is 9.91. The lowest BCUT2D eigenvalue weighted by molar-refractivity contribution is -0.00284. The average molecular weight is 487 g/mol. The molecule has 2 saturated carbocycles. The van der Waals surface area contributed by atoms with E-state index < -0.39 is 11.4 Å². The van der Waals surface area contributed by atoms with Gasteiger partial charge in [0.05, 0.1) is 40.0 Å². The van der Waals surface area contributed by atoms with E-state index in [0.717, 1.165) is 30.2 Å². The van der Waals surface area contributed by atoms with E-state index in [2.05, 4.69) is 5.16 Å². The van der Waals surface area contributed by atoms with Gasteiger partial charge in [-0.15, -0.1) is 0 Å². The molecule has 0 spiro atoms. The smallest absolute Gasteiger partial charge is 0.145 e. The summed E-state index contributed by atoms with van der Waals surface area (Å²) < 4.78 is 26.4. The van der Waals surface area contributed by atoms with E-state index in [-0.39, 0.29) is 30.3 Å². The molecular formula is C25H21Cl2FN2O3. The number of aromatic nitrogens is 1. The molecule has 0 aliphatic heterocycles. The molecule has 170 valence electrons. The van der Waals surface area contributed by atoms with Gasteiger partial charge in [0.1, 0.15) is 17.3 Å². The molecule has 1 aromatic heterocycles. The number of nitriles is 1. The fraction of sp³-hybridized carbons (Fsp3) is 0.360. The van der Waals surface area contributed by atoms with Crippen molar-refractivity contribution in [2.75, 3.05) is 0 Å². The predicted octanol–water partition coefficient (Wildman–Crippen LogP) is 6.49. The van der Waals surface area contributed by atoms with Crippen molar-refractivity contribution in [1.82, 2.24) is 5.16 Å². The van der Waals surface area contributed by atoms with Crippen LogP contribution in [0.2, 0.25) is 10.0 Å². The maximum atomic E-state index is 14.5. The number of hydrogen-bond donors (Lipinski definition) is 1. The standard InChI is InChI=1S/C25H21Cl2FN2O3/c26-19-2-1-3-20(27)22(19)23-17(24(33-30-23)15-5-6-15)13-32-16-8-9-25(31,11-16)18-7-4-14(12-29)10-21(18)28/h1-4,7,10,15-16,31H,5-6,8-9,11,13H2/t16-,25-/m0/s1. The molecule has 2 aromatic carbocycles. The molecule has 0 bridgehead atoms. The number of rotatable bonds is 6. The summed E-state index contributed by atoms with van der Waals surface area (Å²) in [6, 6.07) is 11.3. The summed E-state index contributed by atoms with van der Waals surface area (Å²) in [4.78, 5) is 0. The highest BCUT2D eigenvalue weighted by Crippen LogP contribution is 2.47. The highest BCUT2D eigenvalue weighted by atomic mass is 35.5. The lowest BCUT2D eigenvalue weighted by Gasteiger charge is -2.24. The second-order valence-corrected chi connectivity index (χ2v) is 9.57. The molecule has 5 nitrogen and oxygen atoms in total. The van der Waals surface area contributed by atoms with Crippen molar-refractivity contribution in [3.63, 3.8) is 0 Å². The molecule has 0 amide bonds. The minimum atomic E-state index is -1.34. The van der Waals surface area contributed by atoms with Crippen LogP contribution in [0.4, 0.5) is 4.39 Å². The Labute approximate surface area is 200 Å². The van der Waals surface area contributed by atoms with Crippen LogP contribution < -0.4 is 0 Å². The number of benzene rings is 2. The second kappa shape index (κ2) is 8.73. The van der Waals surface area contributed by atoms with Crippen LogP contribution in [0, 0.1) is 17.1 Å². The quantitative estimate of drug-likeness (QED) is 0.430. The van der Waals surface area contributed by atoms with E-state index in [1.807, 2.05) is 6.07 Å². The van der Waals surface area contributed by atoms with Gasteiger partial charge in [-0.1, -0.05) is 40.5 Å². The summed E-state index contributed by atoms with van der Waals surface area (Å²) in [5, 5.41) is 25.3. The molecule has 1 heterocycles. The molecule has 0 unspecified atom stereocenters. The Morgan fingerprint density at radius 1 is 1.21 bits per heavy atom. The molecule has 1 N–H and O–H groups in total. The first kappa shape index (κ1) is 22.4. The van der Waals surface area contributed by atoms with Crippen molar-refractivity contribution in [3.8, 4) is 17.3 Å². The summed E-state index contributed by atoms with van der Waals surface area (Å²) in [6.45, 7) is 0.225. The first-order chi connectivity index (χ1) is 15.9. The lowest BCUT2D eigenvalue weighted by Crippen LogP contribution is -2.25. The van der Waals surface area contributed by atoms with E-state index >= 15 is 0 Å². The summed E-state index contributed by atoms with van der Waals surface area (Å²) >= 11 is 12.8. The van der Waals surface area contributed by atoms with Crippen LogP contribution in [0.3, 0.4) is 0 Å². The van der Waals surface area contributed by atoms with Crippen LogP contribution in [-0.2, 0) is 16.9 Å². The normalized spacial score (nSPS) is 22.5. The van der Waals surface area contributed by atoms with E-state index in [9.17, 15) is 9.50 Å². The third-order valence-corrected chi connectivity index (χ3v) is 7.10. The highest BCUT2D eigenvalue weighted by molar-refractivity contribution is 6.39. The van der Waals surface area contributed by atoms with Gasteiger partial charge in [-0.3, -0.25) is 0 Å². The summed E-state index contributed by atoms with van der Waals surface area (Å²) in [5.41, 5.74) is 1.06. The third kappa shape index (κ3) is 4.27. The number of ether oxygens (including phenoxy) is 1. The topological polar surface area (TPSA) is 79.3 Å². The van der Waals surface area contributed by atoms with E-state index in [1.165, 1.54) is 12.1 Å². The summed E-state index contributed by atoms with van der Waals surface area (Å²) in [5.74, 6) is 0.509. The zero-order chi connectivity index (χ0) is 23.2. The van der Waals surface area contributed by atoms with Crippen molar-refractivity contribution in [2.45, 2.75) is 56.3 Å². The molecule has 5 rings (SSSR count). The van der Waals surface area contributed by atoms with Crippen LogP contribution in [-0.4, -0.2) is 16.4 Å². The van der Waals surface area contributed by atoms with Crippen LogP contribution in [0.1, 0.15) is 60.5 Å². The molecule has 2 fully saturated rings. The van der Waals surface area contributed by atoms with Gasteiger partial charge in [0.2, 0.25) is 0 Å². The molecule has 0 saturated heterocycles. The largest absolute Gasteiger partial charge is 0.385 e. The molecular weight excluding hydrogens is 466 g/mol. The number of hydrogen-bond acceptors (Lipinski definition) is 5. The van der Waals surface area contributed by atoms with Gasteiger partial charge < -0.3 is 14.4 Å². The maximum absolute atomic E-state index is 14.5. The first-order valence-electron chi connectivity index (χ1n) is 10.9. The SMILES string of the molecule is N#Cc1ccc([C@]2(O)CC[C@H](OCc3c(-c4c(Cl)cccc4Cl)noc3C3CC3)C2)c(F)c1. The number of aliphatic hydroxyl groups is 1. The summed E-state index contributed by atoms with van der Waals surface area (Å²) in [7, 11) is 0. The molecule has 2 aliphatic carbocycles. The monoisotopic (exact) mass is 486 g/mol.